The summed E-state index contributed by atoms with van der Waals surface area (Å²) in [6, 6.07) is 6.44. The zero-order valence-electron chi connectivity index (χ0n) is 10.8. The number of halogens is 3. The monoisotopic (exact) mass is 311 g/mol. The van der Waals surface area contributed by atoms with E-state index in [1.807, 2.05) is 0 Å². The second kappa shape index (κ2) is 5.78. The van der Waals surface area contributed by atoms with Crippen molar-refractivity contribution < 1.29 is 23.1 Å². The van der Waals surface area contributed by atoms with Crippen LogP contribution < -0.4 is 0 Å². The molecule has 0 aliphatic rings. The van der Waals surface area contributed by atoms with Crippen LogP contribution in [0.5, 0.6) is 0 Å². The highest BCUT2D eigenvalue weighted by molar-refractivity contribution is 5.86. The normalized spacial score (nSPS) is 11.0. The van der Waals surface area contributed by atoms with Gasteiger partial charge in [-0.1, -0.05) is 23.3 Å². The maximum atomic E-state index is 12.7. The molecule has 114 valence electrons. The SMILES string of the molecule is [N-]=[N+]=NCc1ccccc1-n1nc(C(F)(F)F)cc1C(=O)O. The van der Waals surface area contributed by atoms with E-state index in [4.69, 9.17) is 10.6 Å². The molecule has 0 spiro atoms. The van der Waals surface area contributed by atoms with E-state index in [0.29, 0.717) is 16.3 Å². The molecule has 10 heteroatoms. The Morgan fingerprint density at radius 1 is 1.41 bits per heavy atom. The lowest BCUT2D eigenvalue weighted by atomic mass is 10.2. The zero-order chi connectivity index (χ0) is 16.3. The summed E-state index contributed by atoms with van der Waals surface area (Å²) < 4.78 is 38.9. The average Bonchev–Trinajstić information content (AvgIpc) is 2.90. The summed E-state index contributed by atoms with van der Waals surface area (Å²) in [5, 5.41) is 15.7. The fourth-order valence-corrected chi connectivity index (χ4v) is 1.81. The topological polar surface area (TPSA) is 104 Å². The predicted molar refractivity (Wildman–Crippen MR) is 68.4 cm³/mol. The summed E-state index contributed by atoms with van der Waals surface area (Å²) in [4.78, 5) is 13.7. The van der Waals surface area contributed by atoms with Crippen molar-refractivity contribution in [3.05, 3.63) is 57.7 Å². The lowest BCUT2D eigenvalue weighted by molar-refractivity contribution is -0.141. The number of carboxylic acids is 1. The van der Waals surface area contributed by atoms with Crippen molar-refractivity contribution in [3.63, 3.8) is 0 Å². The van der Waals surface area contributed by atoms with Gasteiger partial charge in [0.25, 0.3) is 0 Å². The number of nitrogens with zero attached hydrogens (tertiary/aromatic N) is 5. The van der Waals surface area contributed by atoms with Crippen molar-refractivity contribution in [1.82, 2.24) is 9.78 Å². The van der Waals surface area contributed by atoms with Gasteiger partial charge in [0, 0.05) is 11.0 Å². The second-order valence-electron chi connectivity index (χ2n) is 4.15. The molecule has 0 bridgehead atoms. The third-order valence-corrected chi connectivity index (χ3v) is 2.74. The van der Waals surface area contributed by atoms with Crippen molar-refractivity contribution in [2.75, 3.05) is 0 Å². The van der Waals surface area contributed by atoms with Gasteiger partial charge >= 0.3 is 12.1 Å². The van der Waals surface area contributed by atoms with Crippen LogP contribution in [-0.2, 0) is 12.7 Å². The molecular formula is C12H8F3N5O2. The Bertz CT molecular complexity index is 762. The molecule has 0 radical (unpaired) electrons. The third-order valence-electron chi connectivity index (χ3n) is 2.74. The molecule has 1 aromatic carbocycles. The van der Waals surface area contributed by atoms with Crippen molar-refractivity contribution in [1.29, 1.82) is 0 Å². The van der Waals surface area contributed by atoms with E-state index in [0.717, 1.165) is 0 Å². The highest BCUT2D eigenvalue weighted by Gasteiger charge is 2.36. The molecule has 2 rings (SSSR count). The quantitative estimate of drug-likeness (QED) is 0.531. The van der Waals surface area contributed by atoms with Gasteiger partial charge in [0.2, 0.25) is 0 Å². The number of aromatic nitrogens is 2. The van der Waals surface area contributed by atoms with Gasteiger partial charge in [-0.05, 0) is 17.2 Å². The Kier molecular flexibility index (Phi) is 4.04. The number of hydrogen-bond donors (Lipinski definition) is 1. The summed E-state index contributed by atoms with van der Waals surface area (Å²) in [6.07, 6.45) is -4.77. The van der Waals surface area contributed by atoms with Gasteiger partial charge < -0.3 is 5.11 Å². The lowest BCUT2D eigenvalue weighted by Gasteiger charge is -2.09. The molecule has 0 unspecified atom stereocenters. The third kappa shape index (κ3) is 3.01. The largest absolute Gasteiger partial charge is 0.477 e. The lowest BCUT2D eigenvalue weighted by Crippen LogP contribution is -2.11. The number of benzene rings is 1. The number of rotatable bonds is 4. The van der Waals surface area contributed by atoms with Crippen molar-refractivity contribution in [2.24, 2.45) is 5.11 Å². The van der Waals surface area contributed by atoms with Gasteiger partial charge in [0.15, 0.2) is 11.4 Å². The summed E-state index contributed by atoms with van der Waals surface area (Å²) in [6.45, 7) is -0.146. The standard InChI is InChI=1S/C12H8F3N5O2/c13-12(14,15)10-5-9(11(21)22)20(18-10)8-4-2-1-3-7(8)6-17-19-16/h1-5H,6H2,(H,21,22). The van der Waals surface area contributed by atoms with Crippen LogP contribution in [-0.4, -0.2) is 20.9 Å². The summed E-state index contributed by atoms with van der Waals surface area (Å²) in [5.74, 6) is -1.55. The van der Waals surface area contributed by atoms with Gasteiger partial charge in [-0.2, -0.15) is 18.3 Å². The van der Waals surface area contributed by atoms with Crippen LogP contribution in [0, 0.1) is 0 Å². The van der Waals surface area contributed by atoms with E-state index in [9.17, 15) is 18.0 Å². The molecule has 0 fully saturated rings. The minimum atomic E-state index is -4.77. The molecule has 0 saturated carbocycles. The summed E-state index contributed by atoms with van der Waals surface area (Å²) in [7, 11) is 0. The number of azide groups is 1. The molecule has 0 aliphatic heterocycles. The van der Waals surface area contributed by atoms with Crippen LogP contribution in [0.25, 0.3) is 16.1 Å². The Balaban J connectivity index is 2.64. The highest BCUT2D eigenvalue weighted by atomic mass is 19.4. The fourth-order valence-electron chi connectivity index (χ4n) is 1.81. The molecule has 7 nitrogen and oxygen atoms in total. The molecule has 22 heavy (non-hydrogen) atoms. The van der Waals surface area contributed by atoms with Crippen molar-refractivity contribution in [2.45, 2.75) is 12.7 Å². The van der Waals surface area contributed by atoms with E-state index in [1.54, 1.807) is 6.07 Å². The molecule has 0 amide bonds. The number of carbonyl (C=O) groups is 1. The van der Waals surface area contributed by atoms with E-state index in [2.05, 4.69) is 15.1 Å². The Hall–Kier alpha value is -3.00. The number of carboxylic acid groups (broad SMARTS) is 1. The van der Waals surface area contributed by atoms with Crippen LogP contribution in [0.2, 0.25) is 0 Å². The Morgan fingerprint density at radius 2 is 2.09 bits per heavy atom. The molecule has 1 aromatic heterocycles. The molecule has 0 saturated heterocycles. The van der Waals surface area contributed by atoms with E-state index in [-0.39, 0.29) is 12.2 Å². The van der Waals surface area contributed by atoms with Crippen LogP contribution in [0.4, 0.5) is 13.2 Å². The number of para-hydroxylation sites is 1. The van der Waals surface area contributed by atoms with Gasteiger partial charge in [-0.25, -0.2) is 9.48 Å². The number of hydrogen-bond acceptors (Lipinski definition) is 3. The van der Waals surface area contributed by atoms with Gasteiger partial charge in [-0.15, -0.1) is 0 Å². The fraction of sp³-hybridized carbons (Fsp3) is 0.167. The highest BCUT2D eigenvalue weighted by Crippen LogP contribution is 2.30. The maximum absolute atomic E-state index is 12.7. The van der Waals surface area contributed by atoms with Gasteiger partial charge in [0.1, 0.15) is 0 Å². The molecule has 1 N–H and O–H groups in total. The Morgan fingerprint density at radius 3 is 2.68 bits per heavy atom. The molecule has 2 aromatic rings. The molecule has 0 atom stereocenters. The summed E-state index contributed by atoms with van der Waals surface area (Å²) >= 11 is 0. The second-order valence-corrected chi connectivity index (χ2v) is 4.15. The average molecular weight is 311 g/mol. The van der Waals surface area contributed by atoms with Crippen LogP contribution >= 0.6 is 0 Å². The summed E-state index contributed by atoms with van der Waals surface area (Å²) in [5.41, 5.74) is 6.83. The van der Waals surface area contributed by atoms with Crippen LogP contribution in [0.3, 0.4) is 0 Å². The predicted octanol–water partition coefficient (Wildman–Crippen LogP) is 3.40. The molecule has 0 aliphatic carbocycles. The minimum Gasteiger partial charge on any atom is -0.477 e. The van der Waals surface area contributed by atoms with E-state index >= 15 is 0 Å². The van der Waals surface area contributed by atoms with Crippen LogP contribution in [0.1, 0.15) is 21.7 Å². The minimum absolute atomic E-state index is 0.0998. The smallest absolute Gasteiger partial charge is 0.435 e. The first-order chi connectivity index (χ1) is 10.3. The van der Waals surface area contributed by atoms with Crippen molar-refractivity contribution >= 4 is 5.97 Å². The maximum Gasteiger partial charge on any atom is 0.435 e. The first kappa shape index (κ1) is 15.4. The molecule has 1 heterocycles. The molecular weight excluding hydrogens is 303 g/mol. The Labute approximate surface area is 121 Å². The van der Waals surface area contributed by atoms with Gasteiger partial charge in [0.05, 0.1) is 12.2 Å². The van der Waals surface area contributed by atoms with Gasteiger partial charge in [-0.3, -0.25) is 0 Å². The number of alkyl halides is 3. The van der Waals surface area contributed by atoms with Crippen molar-refractivity contribution in [3.8, 4) is 5.69 Å². The first-order valence-corrected chi connectivity index (χ1v) is 5.84. The zero-order valence-corrected chi connectivity index (χ0v) is 10.8. The van der Waals surface area contributed by atoms with Crippen LogP contribution in [0.15, 0.2) is 35.4 Å². The van der Waals surface area contributed by atoms with E-state index in [1.165, 1.54) is 18.2 Å². The number of aromatic carboxylic acids is 1. The first-order valence-electron chi connectivity index (χ1n) is 5.84. The van der Waals surface area contributed by atoms with E-state index < -0.39 is 23.5 Å².